The van der Waals surface area contributed by atoms with Crippen LogP contribution in [0.1, 0.15) is 29.2 Å². The number of para-hydroxylation sites is 1. The second-order valence-corrected chi connectivity index (χ2v) is 10.3. The summed E-state index contributed by atoms with van der Waals surface area (Å²) in [6.45, 7) is 2.36. The van der Waals surface area contributed by atoms with Crippen LogP contribution in [0.15, 0.2) is 44.5 Å². The van der Waals surface area contributed by atoms with E-state index < -0.39 is 25.8 Å². The Balaban J connectivity index is 1.90. The molecule has 1 aromatic carbocycles. The zero-order valence-electron chi connectivity index (χ0n) is 14.9. The first kappa shape index (κ1) is 19.6. The Kier molecular flexibility index (Phi) is 5.15. The van der Waals surface area contributed by atoms with Crippen LogP contribution in [0, 0.1) is 6.92 Å². The van der Waals surface area contributed by atoms with Gasteiger partial charge in [-0.25, -0.2) is 16.8 Å². The third kappa shape index (κ3) is 3.92. The van der Waals surface area contributed by atoms with Crippen molar-refractivity contribution in [1.82, 2.24) is 4.31 Å². The van der Waals surface area contributed by atoms with Crippen molar-refractivity contribution in [2.24, 2.45) is 0 Å². The molecule has 0 saturated carbocycles. The molecule has 1 aromatic heterocycles. The molecule has 146 valence electrons. The molecule has 8 nitrogen and oxygen atoms in total. The second kappa shape index (κ2) is 7.10. The van der Waals surface area contributed by atoms with E-state index in [2.05, 4.69) is 5.32 Å². The number of carbonyl (C=O) groups excluding carboxylic acids is 1. The number of carbonyl (C=O) groups is 1. The van der Waals surface area contributed by atoms with Gasteiger partial charge in [-0.05, 0) is 31.9 Å². The van der Waals surface area contributed by atoms with Gasteiger partial charge in [0.2, 0.25) is 10.0 Å². The molecule has 1 amide bonds. The number of hydrogen-bond acceptors (Lipinski definition) is 6. The molecule has 1 aliphatic heterocycles. The van der Waals surface area contributed by atoms with E-state index in [1.54, 1.807) is 12.1 Å². The molecule has 3 rings (SSSR count). The third-order valence-electron chi connectivity index (χ3n) is 4.31. The second-order valence-electron chi connectivity index (χ2n) is 6.36. The molecule has 1 fully saturated rings. The zero-order valence-corrected chi connectivity index (χ0v) is 16.6. The van der Waals surface area contributed by atoms with Crippen molar-refractivity contribution >= 4 is 31.5 Å². The van der Waals surface area contributed by atoms with Gasteiger partial charge in [-0.1, -0.05) is 12.1 Å². The standard InChI is InChI=1S/C17H20N2O6S2/c1-12-16(27(23,24)19-9-5-6-10-19)11-14(25-12)17(20)18-13-7-3-4-8-15(13)26(2,21)22/h3-4,7-8,11H,5-6,9-10H2,1-2H3,(H,18,20). The number of aryl methyl sites for hydroxylation is 1. The molecule has 0 aliphatic carbocycles. The zero-order chi connectivity index (χ0) is 19.8. The summed E-state index contributed by atoms with van der Waals surface area (Å²) in [5.74, 6) is -0.811. The molecule has 0 spiro atoms. The van der Waals surface area contributed by atoms with Crippen LogP contribution in [0.5, 0.6) is 0 Å². The van der Waals surface area contributed by atoms with Crippen LogP contribution in [0.2, 0.25) is 0 Å². The smallest absolute Gasteiger partial charge is 0.291 e. The van der Waals surface area contributed by atoms with Crippen molar-refractivity contribution in [3.05, 3.63) is 41.9 Å². The lowest BCUT2D eigenvalue weighted by Gasteiger charge is -2.14. The number of anilines is 1. The summed E-state index contributed by atoms with van der Waals surface area (Å²) >= 11 is 0. The number of hydrogen-bond donors (Lipinski definition) is 1. The van der Waals surface area contributed by atoms with Crippen molar-refractivity contribution in [1.29, 1.82) is 0 Å². The van der Waals surface area contributed by atoms with Gasteiger partial charge in [-0.2, -0.15) is 4.31 Å². The summed E-state index contributed by atoms with van der Waals surface area (Å²) in [5.41, 5.74) is 0.100. The number of rotatable bonds is 5. The number of benzene rings is 1. The maximum absolute atomic E-state index is 12.7. The molecule has 2 heterocycles. The lowest BCUT2D eigenvalue weighted by Crippen LogP contribution is -2.28. The first-order valence-electron chi connectivity index (χ1n) is 8.32. The van der Waals surface area contributed by atoms with Crippen LogP contribution in [-0.2, 0) is 19.9 Å². The fraction of sp³-hybridized carbons (Fsp3) is 0.353. The van der Waals surface area contributed by atoms with Gasteiger partial charge in [0.15, 0.2) is 15.6 Å². The van der Waals surface area contributed by atoms with E-state index in [-0.39, 0.29) is 27.0 Å². The number of nitrogens with one attached hydrogen (secondary N) is 1. The normalized spacial score (nSPS) is 15.8. The summed E-state index contributed by atoms with van der Waals surface area (Å²) in [6.07, 6.45) is 2.63. The minimum absolute atomic E-state index is 0.0356. The highest BCUT2D eigenvalue weighted by Crippen LogP contribution is 2.27. The van der Waals surface area contributed by atoms with Gasteiger partial charge in [-0.15, -0.1) is 0 Å². The van der Waals surface area contributed by atoms with Gasteiger partial charge < -0.3 is 9.73 Å². The summed E-state index contributed by atoms with van der Waals surface area (Å²) in [4.78, 5) is 12.4. The SMILES string of the molecule is Cc1oc(C(=O)Nc2ccccc2S(C)(=O)=O)cc1S(=O)(=O)N1CCCC1. The van der Waals surface area contributed by atoms with Gasteiger partial charge in [0.05, 0.1) is 10.6 Å². The van der Waals surface area contributed by atoms with Crippen LogP contribution in [0.3, 0.4) is 0 Å². The first-order chi connectivity index (χ1) is 12.6. The predicted octanol–water partition coefficient (Wildman–Crippen LogP) is 2.03. The number of amides is 1. The van der Waals surface area contributed by atoms with Crippen molar-refractivity contribution in [3.8, 4) is 0 Å². The lowest BCUT2D eigenvalue weighted by atomic mass is 10.3. The minimum atomic E-state index is -3.72. The van der Waals surface area contributed by atoms with E-state index >= 15 is 0 Å². The average Bonchev–Trinajstić information content (AvgIpc) is 3.24. The topological polar surface area (TPSA) is 114 Å². The highest BCUT2D eigenvalue weighted by molar-refractivity contribution is 7.91. The predicted molar refractivity (Wildman–Crippen MR) is 98.9 cm³/mol. The molecule has 1 saturated heterocycles. The maximum atomic E-state index is 12.7. The molecule has 10 heteroatoms. The summed E-state index contributed by atoms with van der Waals surface area (Å²) in [6, 6.07) is 7.14. The third-order valence-corrected chi connectivity index (χ3v) is 7.47. The minimum Gasteiger partial charge on any atom is -0.455 e. The molecule has 27 heavy (non-hydrogen) atoms. The van der Waals surface area contributed by atoms with Gasteiger partial charge >= 0.3 is 0 Å². The van der Waals surface area contributed by atoms with Gasteiger partial charge in [0.25, 0.3) is 5.91 Å². The molecule has 1 N–H and O–H groups in total. The Morgan fingerprint density at radius 2 is 1.70 bits per heavy atom. The van der Waals surface area contributed by atoms with Crippen molar-refractivity contribution in [3.63, 3.8) is 0 Å². The van der Waals surface area contributed by atoms with Crippen LogP contribution >= 0.6 is 0 Å². The summed E-state index contributed by atoms with van der Waals surface area (Å²) in [7, 11) is -7.27. The molecular formula is C17H20N2O6S2. The molecule has 1 aliphatic rings. The Labute approximate surface area is 158 Å². The maximum Gasteiger partial charge on any atom is 0.291 e. The monoisotopic (exact) mass is 412 g/mol. The van der Waals surface area contributed by atoms with Crippen LogP contribution in [0.25, 0.3) is 0 Å². The van der Waals surface area contributed by atoms with Gasteiger partial charge in [0, 0.05) is 25.4 Å². The number of furan rings is 1. The Morgan fingerprint density at radius 1 is 1.07 bits per heavy atom. The Morgan fingerprint density at radius 3 is 2.33 bits per heavy atom. The number of nitrogens with zero attached hydrogens (tertiary/aromatic N) is 1. The number of sulfonamides is 1. The molecular weight excluding hydrogens is 392 g/mol. The van der Waals surface area contributed by atoms with E-state index in [0.29, 0.717) is 13.1 Å². The Bertz CT molecular complexity index is 1080. The van der Waals surface area contributed by atoms with Crippen molar-refractivity contribution < 1.29 is 26.0 Å². The summed E-state index contributed by atoms with van der Waals surface area (Å²) in [5, 5.41) is 2.47. The van der Waals surface area contributed by atoms with E-state index in [0.717, 1.165) is 19.1 Å². The largest absolute Gasteiger partial charge is 0.455 e. The van der Waals surface area contributed by atoms with Gasteiger partial charge in [0.1, 0.15) is 10.7 Å². The summed E-state index contributed by atoms with van der Waals surface area (Å²) < 4.78 is 55.8. The fourth-order valence-electron chi connectivity index (χ4n) is 2.98. The molecule has 0 atom stereocenters. The molecule has 0 bridgehead atoms. The van der Waals surface area contributed by atoms with E-state index in [1.165, 1.54) is 29.4 Å². The Hall–Kier alpha value is -2.17. The molecule has 0 radical (unpaired) electrons. The van der Waals surface area contributed by atoms with Crippen LogP contribution < -0.4 is 5.32 Å². The van der Waals surface area contributed by atoms with Crippen molar-refractivity contribution in [2.45, 2.75) is 29.6 Å². The average molecular weight is 412 g/mol. The van der Waals surface area contributed by atoms with E-state index in [9.17, 15) is 21.6 Å². The van der Waals surface area contributed by atoms with Crippen LogP contribution in [0.4, 0.5) is 5.69 Å². The van der Waals surface area contributed by atoms with E-state index in [1.807, 2.05) is 0 Å². The molecule has 0 unspecified atom stereocenters. The fourth-order valence-corrected chi connectivity index (χ4v) is 5.50. The number of sulfone groups is 1. The highest BCUT2D eigenvalue weighted by atomic mass is 32.2. The highest BCUT2D eigenvalue weighted by Gasteiger charge is 2.32. The quantitative estimate of drug-likeness (QED) is 0.804. The first-order valence-corrected chi connectivity index (χ1v) is 11.6. The van der Waals surface area contributed by atoms with Crippen LogP contribution in [-0.4, -0.2) is 46.4 Å². The van der Waals surface area contributed by atoms with E-state index in [4.69, 9.17) is 4.42 Å². The van der Waals surface area contributed by atoms with Crippen molar-refractivity contribution in [2.75, 3.05) is 24.7 Å². The van der Waals surface area contributed by atoms with Gasteiger partial charge in [-0.3, -0.25) is 4.79 Å². The molecule has 2 aromatic rings. The lowest BCUT2D eigenvalue weighted by molar-refractivity contribution is 0.0995.